The van der Waals surface area contributed by atoms with E-state index in [4.69, 9.17) is 11.6 Å². The standard InChI is InChI=1S/C22H26ClN3O2/c1-15-8-10-26(11-9-15)22(28)17-4-3-5-18(12-17)24-14-21(27)25-19-7-6-16(2)20(23)13-19/h3-7,12-13,15,24H,8-11,14H2,1-2H3,(H,25,27). The Hall–Kier alpha value is -2.53. The van der Waals surface area contributed by atoms with E-state index in [1.165, 1.54) is 0 Å². The number of piperidine rings is 1. The molecule has 2 aromatic carbocycles. The fourth-order valence-corrected chi connectivity index (χ4v) is 3.40. The summed E-state index contributed by atoms with van der Waals surface area (Å²) < 4.78 is 0. The predicted octanol–water partition coefficient (Wildman–Crippen LogP) is 4.57. The summed E-state index contributed by atoms with van der Waals surface area (Å²) in [6, 6.07) is 12.7. The number of anilines is 2. The van der Waals surface area contributed by atoms with Crippen molar-refractivity contribution in [2.75, 3.05) is 30.3 Å². The average molecular weight is 400 g/mol. The molecule has 2 aromatic rings. The SMILES string of the molecule is Cc1ccc(NC(=O)CNc2cccc(C(=O)N3CCC(C)CC3)c2)cc1Cl. The molecule has 0 spiro atoms. The summed E-state index contributed by atoms with van der Waals surface area (Å²) >= 11 is 6.09. The van der Waals surface area contributed by atoms with Gasteiger partial charge in [0.05, 0.1) is 6.54 Å². The van der Waals surface area contributed by atoms with E-state index in [-0.39, 0.29) is 18.4 Å². The summed E-state index contributed by atoms with van der Waals surface area (Å²) in [5, 5.41) is 6.51. The van der Waals surface area contributed by atoms with Crippen LogP contribution in [-0.4, -0.2) is 36.3 Å². The van der Waals surface area contributed by atoms with Gasteiger partial charge in [-0.05, 0) is 61.6 Å². The van der Waals surface area contributed by atoms with E-state index < -0.39 is 0 Å². The van der Waals surface area contributed by atoms with Crippen molar-refractivity contribution in [3.05, 3.63) is 58.6 Å². The highest BCUT2D eigenvalue weighted by Gasteiger charge is 2.21. The number of aryl methyl sites for hydroxylation is 1. The van der Waals surface area contributed by atoms with Gasteiger partial charge in [-0.15, -0.1) is 0 Å². The maximum absolute atomic E-state index is 12.7. The summed E-state index contributed by atoms with van der Waals surface area (Å²) in [4.78, 5) is 26.8. The van der Waals surface area contributed by atoms with Gasteiger partial charge >= 0.3 is 0 Å². The molecule has 0 radical (unpaired) electrons. The first-order valence-electron chi connectivity index (χ1n) is 9.61. The third kappa shape index (κ3) is 5.26. The Balaban J connectivity index is 1.56. The highest BCUT2D eigenvalue weighted by atomic mass is 35.5. The van der Waals surface area contributed by atoms with Crippen LogP contribution in [0.2, 0.25) is 5.02 Å². The van der Waals surface area contributed by atoms with Crippen LogP contribution in [0.15, 0.2) is 42.5 Å². The molecule has 0 aromatic heterocycles. The fourth-order valence-electron chi connectivity index (χ4n) is 3.21. The Morgan fingerprint density at radius 2 is 1.86 bits per heavy atom. The molecule has 5 nitrogen and oxygen atoms in total. The molecular weight excluding hydrogens is 374 g/mol. The van der Waals surface area contributed by atoms with E-state index in [2.05, 4.69) is 17.6 Å². The third-order valence-corrected chi connectivity index (χ3v) is 5.50. The van der Waals surface area contributed by atoms with Crippen molar-refractivity contribution in [2.24, 2.45) is 5.92 Å². The lowest BCUT2D eigenvalue weighted by Crippen LogP contribution is -2.37. The zero-order valence-corrected chi connectivity index (χ0v) is 17.1. The number of amides is 2. The van der Waals surface area contributed by atoms with Crippen LogP contribution >= 0.6 is 11.6 Å². The van der Waals surface area contributed by atoms with Crippen molar-refractivity contribution >= 4 is 34.8 Å². The van der Waals surface area contributed by atoms with Crippen molar-refractivity contribution in [1.29, 1.82) is 0 Å². The molecule has 148 valence electrons. The van der Waals surface area contributed by atoms with Gasteiger partial charge < -0.3 is 15.5 Å². The Labute approximate surface area is 171 Å². The average Bonchev–Trinajstić information content (AvgIpc) is 2.69. The predicted molar refractivity (Wildman–Crippen MR) is 114 cm³/mol. The maximum atomic E-state index is 12.7. The number of nitrogens with zero attached hydrogens (tertiary/aromatic N) is 1. The highest BCUT2D eigenvalue weighted by molar-refractivity contribution is 6.31. The van der Waals surface area contributed by atoms with Crippen molar-refractivity contribution in [3.8, 4) is 0 Å². The van der Waals surface area contributed by atoms with E-state index in [0.717, 1.165) is 37.2 Å². The largest absolute Gasteiger partial charge is 0.376 e. The van der Waals surface area contributed by atoms with E-state index in [1.807, 2.05) is 42.2 Å². The smallest absolute Gasteiger partial charge is 0.253 e. The molecule has 2 amide bonds. The first-order valence-corrected chi connectivity index (χ1v) is 9.99. The number of rotatable bonds is 5. The van der Waals surface area contributed by atoms with Gasteiger partial charge in [-0.2, -0.15) is 0 Å². The summed E-state index contributed by atoms with van der Waals surface area (Å²) in [6.07, 6.45) is 2.10. The number of carbonyl (C=O) groups is 2. The van der Waals surface area contributed by atoms with Crippen LogP contribution in [0.1, 0.15) is 35.7 Å². The first kappa shape index (κ1) is 20.2. The van der Waals surface area contributed by atoms with E-state index in [0.29, 0.717) is 22.2 Å². The lowest BCUT2D eigenvalue weighted by Gasteiger charge is -2.30. The van der Waals surface area contributed by atoms with Gasteiger partial charge in [0.15, 0.2) is 0 Å². The van der Waals surface area contributed by atoms with Crippen molar-refractivity contribution in [3.63, 3.8) is 0 Å². The number of likely N-dealkylation sites (tertiary alicyclic amines) is 1. The first-order chi connectivity index (χ1) is 13.4. The Bertz CT molecular complexity index is 861. The van der Waals surface area contributed by atoms with Gasteiger partial charge in [-0.1, -0.05) is 30.7 Å². The number of hydrogen-bond acceptors (Lipinski definition) is 3. The topological polar surface area (TPSA) is 61.4 Å². The third-order valence-electron chi connectivity index (χ3n) is 5.09. The van der Waals surface area contributed by atoms with Gasteiger partial charge in [0.1, 0.15) is 0 Å². The molecule has 28 heavy (non-hydrogen) atoms. The maximum Gasteiger partial charge on any atom is 0.253 e. The summed E-state index contributed by atoms with van der Waals surface area (Å²) in [7, 11) is 0. The molecule has 0 atom stereocenters. The second kappa shape index (κ2) is 9.11. The van der Waals surface area contributed by atoms with Crippen LogP contribution in [-0.2, 0) is 4.79 Å². The Morgan fingerprint density at radius 3 is 2.57 bits per heavy atom. The molecule has 1 heterocycles. The lowest BCUT2D eigenvalue weighted by molar-refractivity contribution is -0.114. The second-order valence-corrected chi connectivity index (χ2v) is 7.83. The second-order valence-electron chi connectivity index (χ2n) is 7.42. The van der Waals surface area contributed by atoms with Crippen molar-refractivity contribution < 1.29 is 9.59 Å². The minimum absolute atomic E-state index is 0.0503. The molecule has 6 heteroatoms. The quantitative estimate of drug-likeness (QED) is 0.774. The molecule has 2 N–H and O–H groups in total. The minimum Gasteiger partial charge on any atom is -0.376 e. The number of nitrogens with one attached hydrogen (secondary N) is 2. The van der Waals surface area contributed by atoms with E-state index in [1.54, 1.807) is 12.1 Å². The van der Waals surface area contributed by atoms with Crippen LogP contribution in [0.5, 0.6) is 0 Å². The molecular formula is C22H26ClN3O2. The van der Waals surface area contributed by atoms with Gasteiger partial charge in [0.2, 0.25) is 5.91 Å². The molecule has 1 aliphatic rings. The van der Waals surface area contributed by atoms with E-state index in [9.17, 15) is 9.59 Å². The van der Waals surface area contributed by atoms with E-state index >= 15 is 0 Å². The minimum atomic E-state index is -0.179. The van der Waals surface area contributed by atoms with Gasteiger partial charge in [-0.25, -0.2) is 0 Å². The van der Waals surface area contributed by atoms with Gasteiger partial charge in [0.25, 0.3) is 5.91 Å². The monoisotopic (exact) mass is 399 g/mol. The molecule has 1 aliphatic heterocycles. The Morgan fingerprint density at radius 1 is 1.11 bits per heavy atom. The molecule has 3 rings (SSSR count). The fraction of sp³-hybridized carbons (Fsp3) is 0.364. The highest BCUT2D eigenvalue weighted by Crippen LogP contribution is 2.21. The van der Waals surface area contributed by atoms with Crippen LogP contribution in [0, 0.1) is 12.8 Å². The summed E-state index contributed by atoms with van der Waals surface area (Å²) in [5.41, 5.74) is 3.01. The number of hydrogen-bond donors (Lipinski definition) is 2. The van der Waals surface area contributed by atoms with Crippen LogP contribution < -0.4 is 10.6 Å². The van der Waals surface area contributed by atoms with Crippen LogP contribution in [0.25, 0.3) is 0 Å². The zero-order chi connectivity index (χ0) is 20.1. The Kier molecular flexibility index (Phi) is 6.57. The number of halogens is 1. The lowest BCUT2D eigenvalue weighted by atomic mass is 9.98. The normalized spacial score (nSPS) is 14.6. The summed E-state index contributed by atoms with van der Waals surface area (Å²) in [6.45, 7) is 5.85. The van der Waals surface area contributed by atoms with Crippen LogP contribution in [0.3, 0.4) is 0 Å². The zero-order valence-electron chi connectivity index (χ0n) is 16.3. The molecule has 0 saturated carbocycles. The molecule has 0 aliphatic carbocycles. The number of carbonyl (C=O) groups excluding carboxylic acids is 2. The van der Waals surface area contributed by atoms with Crippen molar-refractivity contribution in [1.82, 2.24) is 4.90 Å². The molecule has 1 saturated heterocycles. The summed E-state index contributed by atoms with van der Waals surface area (Å²) in [5.74, 6) is 0.551. The molecule has 0 unspecified atom stereocenters. The van der Waals surface area contributed by atoms with Crippen LogP contribution in [0.4, 0.5) is 11.4 Å². The van der Waals surface area contributed by atoms with Gasteiger partial charge in [0, 0.05) is 35.1 Å². The van der Waals surface area contributed by atoms with Crippen molar-refractivity contribution in [2.45, 2.75) is 26.7 Å². The molecule has 1 fully saturated rings. The van der Waals surface area contributed by atoms with Gasteiger partial charge in [-0.3, -0.25) is 9.59 Å². The number of benzene rings is 2. The molecule has 0 bridgehead atoms.